The molecule has 0 radical (unpaired) electrons. The molecular weight excluding hydrogens is 226 g/mol. The lowest BCUT2D eigenvalue weighted by atomic mass is 9.74. The molecule has 2 fully saturated rings. The van der Waals surface area contributed by atoms with E-state index < -0.39 is 5.97 Å². The summed E-state index contributed by atoms with van der Waals surface area (Å²) in [6.45, 7) is 5.82. The standard InChI is InChI=1S/C15H27NO2/c1-15(2)8-6-12(7-9-15)16-10-4-3-5-13(16)11-14(17)18/h12-13H,3-11H2,1-2H3,(H,17,18). The van der Waals surface area contributed by atoms with Gasteiger partial charge in [-0.3, -0.25) is 9.69 Å². The van der Waals surface area contributed by atoms with Crippen LogP contribution in [0.15, 0.2) is 0 Å². The van der Waals surface area contributed by atoms with E-state index in [2.05, 4.69) is 18.7 Å². The van der Waals surface area contributed by atoms with Gasteiger partial charge >= 0.3 is 5.97 Å². The Balaban J connectivity index is 1.94. The average molecular weight is 253 g/mol. The van der Waals surface area contributed by atoms with E-state index in [1.165, 1.54) is 38.5 Å². The van der Waals surface area contributed by atoms with Gasteiger partial charge < -0.3 is 5.11 Å². The van der Waals surface area contributed by atoms with E-state index in [-0.39, 0.29) is 0 Å². The molecule has 1 saturated heterocycles. The molecule has 0 aromatic rings. The smallest absolute Gasteiger partial charge is 0.304 e. The molecule has 0 bridgehead atoms. The van der Waals surface area contributed by atoms with Crippen LogP contribution in [0.5, 0.6) is 0 Å². The first-order valence-corrected chi connectivity index (χ1v) is 7.45. The van der Waals surface area contributed by atoms with Gasteiger partial charge in [0.2, 0.25) is 0 Å². The van der Waals surface area contributed by atoms with Crippen molar-refractivity contribution in [2.24, 2.45) is 5.41 Å². The molecule has 1 aliphatic heterocycles. The second kappa shape index (κ2) is 5.60. The summed E-state index contributed by atoms with van der Waals surface area (Å²) in [5.41, 5.74) is 0.495. The summed E-state index contributed by atoms with van der Waals surface area (Å²) < 4.78 is 0. The molecule has 104 valence electrons. The van der Waals surface area contributed by atoms with Crippen molar-refractivity contribution in [2.75, 3.05) is 6.54 Å². The summed E-state index contributed by atoms with van der Waals surface area (Å²) in [5, 5.41) is 9.04. The van der Waals surface area contributed by atoms with E-state index in [0.717, 1.165) is 13.0 Å². The zero-order chi connectivity index (χ0) is 13.2. The van der Waals surface area contributed by atoms with Crippen LogP contribution in [0.4, 0.5) is 0 Å². The predicted octanol–water partition coefficient (Wildman–Crippen LogP) is 3.28. The molecule has 1 unspecified atom stereocenters. The quantitative estimate of drug-likeness (QED) is 0.839. The highest BCUT2D eigenvalue weighted by atomic mass is 16.4. The predicted molar refractivity (Wildman–Crippen MR) is 72.6 cm³/mol. The van der Waals surface area contributed by atoms with Gasteiger partial charge in [0.25, 0.3) is 0 Å². The molecule has 3 heteroatoms. The highest BCUT2D eigenvalue weighted by Gasteiger charge is 2.34. The Morgan fingerprint density at radius 2 is 1.89 bits per heavy atom. The third-order valence-corrected chi connectivity index (χ3v) is 4.86. The topological polar surface area (TPSA) is 40.5 Å². The Bertz CT molecular complexity index is 291. The highest BCUT2D eigenvalue weighted by Crippen LogP contribution is 2.38. The number of likely N-dealkylation sites (tertiary alicyclic amines) is 1. The van der Waals surface area contributed by atoms with Crippen LogP contribution in [0, 0.1) is 5.41 Å². The number of hydrogen-bond acceptors (Lipinski definition) is 2. The van der Waals surface area contributed by atoms with E-state index in [0.29, 0.717) is 23.9 Å². The average Bonchev–Trinajstić information content (AvgIpc) is 2.29. The van der Waals surface area contributed by atoms with E-state index >= 15 is 0 Å². The summed E-state index contributed by atoms with van der Waals surface area (Å²) >= 11 is 0. The molecular formula is C15H27NO2. The van der Waals surface area contributed by atoms with Gasteiger partial charge in [-0.2, -0.15) is 0 Å². The molecule has 3 nitrogen and oxygen atoms in total. The molecule has 0 amide bonds. The summed E-state index contributed by atoms with van der Waals surface area (Å²) in [7, 11) is 0. The number of hydrogen-bond donors (Lipinski definition) is 1. The Hall–Kier alpha value is -0.570. The molecule has 1 atom stereocenters. The molecule has 0 spiro atoms. The van der Waals surface area contributed by atoms with Crippen LogP contribution in [-0.4, -0.2) is 34.6 Å². The Morgan fingerprint density at radius 3 is 2.50 bits per heavy atom. The van der Waals surface area contributed by atoms with Gasteiger partial charge in [-0.15, -0.1) is 0 Å². The van der Waals surface area contributed by atoms with Crippen molar-refractivity contribution >= 4 is 5.97 Å². The number of carboxylic acid groups (broad SMARTS) is 1. The molecule has 0 aromatic heterocycles. The van der Waals surface area contributed by atoms with E-state index in [4.69, 9.17) is 5.11 Å². The maximum absolute atomic E-state index is 11.0. The van der Waals surface area contributed by atoms with Crippen LogP contribution in [0.25, 0.3) is 0 Å². The van der Waals surface area contributed by atoms with E-state index in [1.54, 1.807) is 0 Å². The Labute approximate surface area is 111 Å². The first-order chi connectivity index (χ1) is 8.48. The maximum Gasteiger partial charge on any atom is 0.304 e. The van der Waals surface area contributed by atoms with Gasteiger partial charge in [-0.1, -0.05) is 20.3 Å². The highest BCUT2D eigenvalue weighted by molar-refractivity contribution is 5.67. The summed E-state index contributed by atoms with van der Waals surface area (Å²) in [5.74, 6) is -0.636. The summed E-state index contributed by atoms with van der Waals surface area (Å²) in [4.78, 5) is 13.5. The minimum Gasteiger partial charge on any atom is -0.481 e. The van der Waals surface area contributed by atoms with Gasteiger partial charge in [-0.25, -0.2) is 0 Å². The third kappa shape index (κ3) is 3.47. The monoisotopic (exact) mass is 253 g/mol. The minimum absolute atomic E-state index is 0.294. The third-order valence-electron chi connectivity index (χ3n) is 4.86. The van der Waals surface area contributed by atoms with Crippen LogP contribution in [0.1, 0.15) is 65.2 Å². The van der Waals surface area contributed by atoms with E-state index in [9.17, 15) is 4.79 Å². The molecule has 2 rings (SSSR count). The van der Waals surface area contributed by atoms with Gasteiger partial charge in [0.15, 0.2) is 0 Å². The minimum atomic E-state index is -0.636. The van der Waals surface area contributed by atoms with Crippen LogP contribution in [0.2, 0.25) is 0 Å². The molecule has 2 aliphatic rings. The Morgan fingerprint density at radius 1 is 1.22 bits per heavy atom. The number of nitrogens with zero attached hydrogens (tertiary/aromatic N) is 1. The molecule has 1 heterocycles. The van der Waals surface area contributed by atoms with Crippen molar-refractivity contribution in [3.8, 4) is 0 Å². The fourth-order valence-corrected chi connectivity index (χ4v) is 3.64. The first kappa shape index (κ1) is 13.9. The first-order valence-electron chi connectivity index (χ1n) is 7.45. The van der Waals surface area contributed by atoms with Crippen molar-refractivity contribution in [2.45, 2.75) is 77.3 Å². The molecule has 1 N–H and O–H groups in total. The lowest BCUT2D eigenvalue weighted by molar-refractivity contribution is -0.139. The second-order valence-corrected chi connectivity index (χ2v) is 6.88. The van der Waals surface area contributed by atoms with Crippen molar-refractivity contribution in [1.82, 2.24) is 4.90 Å². The number of carbonyl (C=O) groups is 1. The molecule has 1 aliphatic carbocycles. The van der Waals surface area contributed by atoms with Crippen LogP contribution in [0.3, 0.4) is 0 Å². The van der Waals surface area contributed by atoms with Gasteiger partial charge in [0.05, 0.1) is 6.42 Å². The van der Waals surface area contributed by atoms with Crippen LogP contribution < -0.4 is 0 Å². The van der Waals surface area contributed by atoms with Crippen LogP contribution >= 0.6 is 0 Å². The van der Waals surface area contributed by atoms with Crippen molar-refractivity contribution < 1.29 is 9.90 Å². The summed E-state index contributed by atoms with van der Waals surface area (Å²) in [6, 6.07) is 0.935. The van der Waals surface area contributed by atoms with Crippen molar-refractivity contribution in [3.05, 3.63) is 0 Å². The molecule has 18 heavy (non-hydrogen) atoms. The summed E-state index contributed by atoms with van der Waals surface area (Å²) in [6.07, 6.45) is 8.93. The largest absolute Gasteiger partial charge is 0.481 e. The fourth-order valence-electron chi connectivity index (χ4n) is 3.64. The second-order valence-electron chi connectivity index (χ2n) is 6.88. The number of piperidine rings is 1. The number of carboxylic acids is 1. The van der Waals surface area contributed by atoms with Crippen molar-refractivity contribution in [1.29, 1.82) is 0 Å². The van der Waals surface area contributed by atoms with Crippen LogP contribution in [-0.2, 0) is 4.79 Å². The van der Waals surface area contributed by atoms with Gasteiger partial charge in [0.1, 0.15) is 0 Å². The Kier molecular flexibility index (Phi) is 4.31. The normalized spacial score (nSPS) is 30.2. The van der Waals surface area contributed by atoms with Crippen molar-refractivity contribution in [3.63, 3.8) is 0 Å². The fraction of sp³-hybridized carbons (Fsp3) is 0.933. The number of rotatable bonds is 3. The van der Waals surface area contributed by atoms with Gasteiger partial charge in [-0.05, 0) is 50.5 Å². The molecule has 1 saturated carbocycles. The maximum atomic E-state index is 11.0. The number of aliphatic carboxylic acids is 1. The SMILES string of the molecule is CC1(C)CCC(N2CCCCC2CC(=O)O)CC1. The lowest BCUT2D eigenvalue weighted by Gasteiger charge is -2.45. The van der Waals surface area contributed by atoms with Gasteiger partial charge in [0, 0.05) is 12.1 Å². The molecule has 0 aromatic carbocycles. The lowest BCUT2D eigenvalue weighted by Crippen LogP contribution is -2.49. The zero-order valence-corrected chi connectivity index (χ0v) is 11.8. The van der Waals surface area contributed by atoms with E-state index in [1.807, 2.05) is 0 Å². The zero-order valence-electron chi connectivity index (χ0n) is 11.8.